The summed E-state index contributed by atoms with van der Waals surface area (Å²) in [4.78, 5) is 32.3. The van der Waals surface area contributed by atoms with Crippen molar-refractivity contribution in [2.45, 2.75) is 25.1 Å². The second-order valence-electron chi connectivity index (χ2n) is 7.73. The number of hydrogen-bond acceptors (Lipinski definition) is 5. The number of anilines is 1. The van der Waals surface area contributed by atoms with E-state index in [1.165, 1.54) is 40.9 Å². The van der Waals surface area contributed by atoms with Crippen molar-refractivity contribution in [3.8, 4) is 5.75 Å². The number of hydrogen-bond donors (Lipinski definition) is 1. The zero-order valence-electron chi connectivity index (χ0n) is 18.9. The Morgan fingerprint density at radius 3 is 2.46 bits per heavy atom. The standard InChI is InChI=1S/C26H23ClFN3O3S/c1-2-34-22-13-11-20(12-14-22)29-25(33)23-15-24(32)31(16-17-3-5-18(27)6-4-17)26(35-23)30-21-9-7-19(28)8-10-21/h3-14,23H,2,15-16H2,1H3,(H,29,33). The summed E-state index contributed by atoms with van der Waals surface area (Å²) in [5.41, 5.74) is 1.95. The molecule has 180 valence electrons. The third-order valence-corrected chi connectivity index (χ3v) is 6.61. The second-order valence-corrected chi connectivity index (χ2v) is 9.34. The van der Waals surface area contributed by atoms with Gasteiger partial charge in [0.15, 0.2) is 5.17 Å². The summed E-state index contributed by atoms with van der Waals surface area (Å²) in [6.45, 7) is 2.72. The minimum Gasteiger partial charge on any atom is -0.494 e. The number of amides is 2. The van der Waals surface area contributed by atoms with Gasteiger partial charge < -0.3 is 10.1 Å². The Kier molecular flexibility index (Phi) is 8.05. The minimum atomic E-state index is -0.672. The molecule has 9 heteroatoms. The van der Waals surface area contributed by atoms with Gasteiger partial charge in [-0.1, -0.05) is 35.5 Å². The van der Waals surface area contributed by atoms with Crippen LogP contribution in [0.3, 0.4) is 0 Å². The Morgan fingerprint density at radius 1 is 1.11 bits per heavy atom. The lowest BCUT2D eigenvalue weighted by molar-refractivity contribution is -0.129. The van der Waals surface area contributed by atoms with Gasteiger partial charge in [0.25, 0.3) is 0 Å². The van der Waals surface area contributed by atoms with Crippen molar-refractivity contribution in [2.75, 3.05) is 11.9 Å². The molecule has 0 aromatic heterocycles. The number of rotatable bonds is 7. The highest BCUT2D eigenvalue weighted by molar-refractivity contribution is 8.15. The van der Waals surface area contributed by atoms with E-state index in [-0.39, 0.29) is 30.6 Å². The fraction of sp³-hybridized carbons (Fsp3) is 0.192. The van der Waals surface area contributed by atoms with E-state index in [4.69, 9.17) is 16.3 Å². The predicted molar refractivity (Wildman–Crippen MR) is 138 cm³/mol. The molecule has 0 radical (unpaired) electrons. The first-order valence-corrected chi connectivity index (χ1v) is 12.3. The summed E-state index contributed by atoms with van der Waals surface area (Å²) in [5.74, 6) is -0.205. The van der Waals surface area contributed by atoms with E-state index in [0.29, 0.717) is 33.9 Å². The molecule has 4 rings (SSSR count). The summed E-state index contributed by atoms with van der Waals surface area (Å²) in [5, 5.41) is 3.15. The molecule has 3 aromatic carbocycles. The van der Waals surface area contributed by atoms with Gasteiger partial charge in [-0.3, -0.25) is 14.5 Å². The molecule has 1 aliphatic heterocycles. The van der Waals surface area contributed by atoms with Crippen LogP contribution in [0.25, 0.3) is 0 Å². The average Bonchev–Trinajstić information content (AvgIpc) is 2.85. The van der Waals surface area contributed by atoms with Crippen molar-refractivity contribution >= 4 is 51.7 Å². The van der Waals surface area contributed by atoms with Gasteiger partial charge in [0.2, 0.25) is 11.8 Å². The number of amidine groups is 1. The molecule has 0 aliphatic carbocycles. The number of thioether (sulfide) groups is 1. The number of aliphatic imine (C=N–C) groups is 1. The van der Waals surface area contributed by atoms with Crippen molar-refractivity contribution in [3.05, 3.63) is 89.2 Å². The number of halogens is 2. The minimum absolute atomic E-state index is 0.0174. The molecule has 1 aliphatic rings. The third-order valence-electron chi connectivity index (χ3n) is 5.17. The maximum absolute atomic E-state index is 13.4. The lowest BCUT2D eigenvalue weighted by atomic mass is 10.2. The van der Waals surface area contributed by atoms with Gasteiger partial charge >= 0.3 is 0 Å². The van der Waals surface area contributed by atoms with Crippen molar-refractivity contribution in [2.24, 2.45) is 4.99 Å². The van der Waals surface area contributed by atoms with Gasteiger partial charge in [0.05, 0.1) is 18.8 Å². The van der Waals surface area contributed by atoms with Crippen LogP contribution in [0.2, 0.25) is 5.02 Å². The summed E-state index contributed by atoms with van der Waals surface area (Å²) >= 11 is 7.19. The molecule has 3 aromatic rings. The maximum Gasteiger partial charge on any atom is 0.238 e. The third kappa shape index (κ3) is 6.61. The molecule has 6 nitrogen and oxygen atoms in total. The van der Waals surface area contributed by atoms with Gasteiger partial charge in [-0.15, -0.1) is 0 Å². The van der Waals surface area contributed by atoms with Crippen LogP contribution in [0.1, 0.15) is 18.9 Å². The van der Waals surface area contributed by atoms with E-state index in [9.17, 15) is 14.0 Å². The SMILES string of the molecule is CCOc1ccc(NC(=O)C2CC(=O)N(Cc3ccc(Cl)cc3)C(=Nc3ccc(F)cc3)S2)cc1. The first-order chi connectivity index (χ1) is 16.9. The molecule has 2 amide bonds. The molecule has 1 N–H and O–H groups in total. The molecule has 0 spiro atoms. The number of ether oxygens (including phenoxy) is 1. The largest absolute Gasteiger partial charge is 0.494 e. The van der Waals surface area contributed by atoms with E-state index in [2.05, 4.69) is 10.3 Å². The molecular weight excluding hydrogens is 489 g/mol. The van der Waals surface area contributed by atoms with Crippen LogP contribution in [-0.2, 0) is 16.1 Å². The number of nitrogens with one attached hydrogen (secondary N) is 1. The molecule has 1 saturated heterocycles. The van der Waals surface area contributed by atoms with Gasteiger partial charge in [-0.2, -0.15) is 0 Å². The first kappa shape index (κ1) is 24.8. The second kappa shape index (κ2) is 11.4. The van der Waals surface area contributed by atoms with Gasteiger partial charge in [-0.05, 0) is 73.2 Å². The summed E-state index contributed by atoms with van der Waals surface area (Å²) < 4.78 is 18.8. The van der Waals surface area contributed by atoms with E-state index in [1.807, 2.05) is 19.1 Å². The Hall–Kier alpha value is -3.36. The van der Waals surface area contributed by atoms with Crippen molar-refractivity contribution in [1.29, 1.82) is 0 Å². The Bertz CT molecular complexity index is 1220. The highest BCUT2D eigenvalue weighted by Gasteiger charge is 2.36. The van der Waals surface area contributed by atoms with Gasteiger partial charge in [0.1, 0.15) is 16.8 Å². The molecular formula is C26H23ClFN3O3S. The zero-order valence-corrected chi connectivity index (χ0v) is 20.5. The summed E-state index contributed by atoms with van der Waals surface area (Å²) in [7, 11) is 0. The van der Waals surface area contributed by atoms with Crippen LogP contribution in [0.5, 0.6) is 5.75 Å². The quantitative estimate of drug-likeness (QED) is 0.420. The predicted octanol–water partition coefficient (Wildman–Crippen LogP) is 6.04. The van der Waals surface area contributed by atoms with Crippen LogP contribution in [0, 0.1) is 5.82 Å². The van der Waals surface area contributed by atoms with E-state index in [0.717, 1.165) is 5.56 Å². The van der Waals surface area contributed by atoms with Gasteiger partial charge in [0, 0.05) is 17.1 Å². The van der Waals surface area contributed by atoms with Crippen molar-refractivity contribution in [3.63, 3.8) is 0 Å². The molecule has 1 atom stereocenters. The van der Waals surface area contributed by atoms with E-state index in [1.54, 1.807) is 36.4 Å². The Labute approximate surface area is 212 Å². The molecule has 0 saturated carbocycles. The molecule has 0 bridgehead atoms. The fourth-order valence-corrected chi connectivity index (χ4v) is 4.64. The molecule has 1 heterocycles. The summed E-state index contributed by atoms with van der Waals surface area (Å²) in [6, 6.07) is 19.9. The van der Waals surface area contributed by atoms with E-state index >= 15 is 0 Å². The number of carbonyl (C=O) groups is 2. The molecule has 1 unspecified atom stereocenters. The number of benzene rings is 3. The number of nitrogens with zero attached hydrogens (tertiary/aromatic N) is 2. The Morgan fingerprint density at radius 2 is 1.80 bits per heavy atom. The van der Waals surface area contributed by atoms with Crippen LogP contribution in [-0.4, -0.2) is 33.7 Å². The topological polar surface area (TPSA) is 71.0 Å². The highest BCUT2D eigenvalue weighted by Crippen LogP contribution is 2.31. The number of carbonyl (C=O) groups excluding carboxylic acids is 2. The van der Waals surface area contributed by atoms with Crippen molar-refractivity contribution in [1.82, 2.24) is 4.90 Å². The van der Waals surface area contributed by atoms with Crippen molar-refractivity contribution < 1.29 is 18.7 Å². The van der Waals surface area contributed by atoms with Crippen LogP contribution in [0.15, 0.2) is 77.8 Å². The highest BCUT2D eigenvalue weighted by atomic mass is 35.5. The normalized spacial score (nSPS) is 16.9. The first-order valence-electron chi connectivity index (χ1n) is 11.0. The Balaban J connectivity index is 1.55. The van der Waals surface area contributed by atoms with Crippen LogP contribution in [0.4, 0.5) is 15.8 Å². The monoisotopic (exact) mass is 511 g/mol. The average molecular weight is 512 g/mol. The zero-order chi connectivity index (χ0) is 24.8. The van der Waals surface area contributed by atoms with Crippen LogP contribution < -0.4 is 10.1 Å². The summed E-state index contributed by atoms with van der Waals surface area (Å²) in [6.07, 6.45) is 0.0174. The maximum atomic E-state index is 13.4. The van der Waals surface area contributed by atoms with Gasteiger partial charge in [-0.25, -0.2) is 9.38 Å². The fourth-order valence-electron chi connectivity index (χ4n) is 3.42. The smallest absolute Gasteiger partial charge is 0.238 e. The molecule has 1 fully saturated rings. The van der Waals surface area contributed by atoms with E-state index < -0.39 is 5.25 Å². The lowest BCUT2D eigenvalue weighted by Crippen LogP contribution is -2.44. The molecule has 35 heavy (non-hydrogen) atoms. The lowest BCUT2D eigenvalue weighted by Gasteiger charge is -2.32. The van der Waals surface area contributed by atoms with Crippen LogP contribution >= 0.6 is 23.4 Å².